The zero-order chi connectivity index (χ0) is 7.52. The van der Waals surface area contributed by atoms with Crippen molar-refractivity contribution < 1.29 is 9.57 Å². The lowest BCUT2D eigenvalue weighted by molar-refractivity contribution is -0.256. The Morgan fingerprint density at radius 1 is 1.09 bits per heavy atom. The van der Waals surface area contributed by atoms with E-state index in [0.717, 1.165) is 32.5 Å². The molecule has 3 nitrogen and oxygen atoms in total. The van der Waals surface area contributed by atoms with Crippen molar-refractivity contribution >= 4 is 0 Å². The molecule has 2 saturated heterocycles. The van der Waals surface area contributed by atoms with Crippen LogP contribution in [0, 0.1) is 0 Å². The molecule has 0 saturated carbocycles. The fourth-order valence-electron chi connectivity index (χ4n) is 1.60. The molecule has 0 aromatic carbocycles. The molecule has 0 aromatic heterocycles. The summed E-state index contributed by atoms with van der Waals surface area (Å²) < 4.78 is 5.49. The summed E-state index contributed by atoms with van der Waals surface area (Å²) in [7, 11) is 0. The van der Waals surface area contributed by atoms with Gasteiger partial charge in [0.05, 0.1) is 6.61 Å². The molecule has 2 fully saturated rings. The topological polar surface area (TPSA) is 21.7 Å². The maximum atomic E-state index is 5.58. The van der Waals surface area contributed by atoms with E-state index in [0.29, 0.717) is 0 Å². The molecule has 11 heavy (non-hydrogen) atoms. The molecule has 64 valence electrons. The summed E-state index contributed by atoms with van der Waals surface area (Å²) >= 11 is 0. The van der Waals surface area contributed by atoms with Crippen molar-refractivity contribution in [2.75, 3.05) is 19.7 Å². The molecule has 2 rings (SSSR count). The van der Waals surface area contributed by atoms with Gasteiger partial charge in [-0.05, 0) is 19.3 Å². The van der Waals surface area contributed by atoms with Crippen molar-refractivity contribution in [2.45, 2.75) is 32.0 Å². The van der Waals surface area contributed by atoms with E-state index in [-0.39, 0.29) is 6.29 Å². The Morgan fingerprint density at radius 2 is 2.00 bits per heavy atom. The van der Waals surface area contributed by atoms with Crippen molar-refractivity contribution in [3.05, 3.63) is 0 Å². The number of nitrogens with zero attached hydrogens (tertiary/aromatic N) is 1. The summed E-state index contributed by atoms with van der Waals surface area (Å²) in [5, 5.41) is 2.06. The normalized spacial score (nSPS) is 39.3. The Bertz CT molecular complexity index is 103. The number of rotatable bonds is 0. The van der Waals surface area contributed by atoms with E-state index in [9.17, 15) is 0 Å². The van der Waals surface area contributed by atoms with E-state index in [1.807, 2.05) is 0 Å². The first-order valence-electron chi connectivity index (χ1n) is 4.48. The Hall–Kier alpha value is -0.120. The van der Waals surface area contributed by atoms with Crippen LogP contribution in [0.1, 0.15) is 25.7 Å². The van der Waals surface area contributed by atoms with E-state index in [2.05, 4.69) is 5.06 Å². The van der Waals surface area contributed by atoms with Gasteiger partial charge in [-0.3, -0.25) is 4.84 Å². The quantitative estimate of drug-likeness (QED) is 0.526. The van der Waals surface area contributed by atoms with Gasteiger partial charge in [-0.1, -0.05) is 0 Å². The number of ether oxygens (including phenoxy) is 1. The zero-order valence-corrected chi connectivity index (χ0v) is 6.79. The molecule has 0 spiro atoms. The number of hydrogen-bond acceptors (Lipinski definition) is 3. The summed E-state index contributed by atoms with van der Waals surface area (Å²) in [6.45, 7) is 2.98. The van der Waals surface area contributed by atoms with Gasteiger partial charge in [0, 0.05) is 19.5 Å². The minimum Gasteiger partial charge on any atom is -0.351 e. The average Bonchev–Trinajstić information content (AvgIpc) is 2.36. The van der Waals surface area contributed by atoms with Crippen LogP contribution in [-0.2, 0) is 9.57 Å². The Balaban J connectivity index is 1.96. The van der Waals surface area contributed by atoms with Gasteiger partial charge in [0.2, 0.25) is 0 Å². The maximum Gasteiger partial charge on any atom is 0.177 e. The highest BCUT2D eigenvalue weighted by Crippen LogP contribution is 2.17. The highest BCUT2D eigenvalue weighted by atomic mass is 16.8. The first kappa shape index (κ1) is 7.53. The third-order valence-electron chi connectivity index (χ3n) is 2.22. The Kier molecular flexibility index (Phi) is 2.41. The first-order valence-corrected chi connectivity index (χ1v) is 4.48. The van der Waals surface area contributed by atoms with Gasteiger partial charge in [-0.15, -0.1) is 0 Å². The van der Waals surface area contributed by atoms with Crippen LogP contribution < -0.4 is 0 Å². The number of fused-ring (bicyclic) bond motifs is 2. The summed E-state index contributed by atoms with van der Waals surface area (Å²) in [4.78, 5) is 5.58. The molecule has 0 radical (unpaired) electrons. The van der Waals surface area contributed by atoms with Gasteiger partial charge in [0.15, 0.2) is 6.29 Å². The van der Waals surface area contributed by atoms with E-state index < -0.39 is 0 Å². The lowest BCUT2D eigenvalue weighted by Crippen LogP contribution is -2.27. The second kappa shape index (κ2) is 3.52. The molecule has 2 bridgehead atoms. The van der Waals surface area contributed by atoms with Crippen molar-refractivity contribution in [2.24, 2.45) is 0 Å². The van der Waals surface area contributed by atoms with Gasteiger partial charge in [0.1, 0.15) is 0 Å². The van der Waals surface area contributed by atoms with Gasteiger partial charge in [-0.2, -0.15) is 5.06 Å². The van der Waals surface area contributed by atoms with Crippen molar-refractivity contribution in [1.29, 1.82) is 0 Å². The van der Waals surface area contributed by atoms with Gasteiger partial charge < -0.3 is 4.74 Å². The molecule has 3 heteroatoms. The third kappa shape index (κ3) is 1.92. The molecule has 2 unspecified atom stereocenters. The van der Waals surface area contributed by atoms with Crippen LogP contribution >= 0.6 is 0 Å². The molecule has 0 aromatic rings. The van der Waals surface area contributed by atoms with Crippen LogP contribution in [-0.4, -0.2) is 31.0 Å². The third-order valence-corrected chi connectivity index (χ3v) is 2.22. The van der Waals surface area contributed by atoms with Gasteiger partial charge >= 0.3 is 0 Å². The maximum absolute atomic E-state index is 5.58. The number of hydrogen-bond donors (Lipinski definition) is 0. The van der Waals surface area contributed by atoms with Crippen LogP contribution in [0.25, 0.3) is 0 Å². The Morgan fingerprint density at radius 3 is 3.00 bits per heavy atom. The lowest BCUT2D eigenvalue weighted by atomic mass is 10.2. The second-order valence-electron chi connectivity index (χ2n) is 3.18. The SMILES string of the molecule is C1CCN2CCCOC(C1)O2. The molecular weight excluding hydrogens is 142 g/mol. The Labute approximate surface area is 67.2 Å². The van der Waals surface area contributed by atoms with Crippen LogP contribution in [0.4, 0.5) is 0 Å². The first-order chi connectivity index (χ1) is 5.45. The second-order valence-corrected chi connectivity index (χ2v) is 3.18. The fraction of sp³-hybridized carbons (Fsp3) is 1.00. The molecular formula is C8H15NO2. The largest absolute Gasteiger partial charge is 0.351 e. The smallest absolute Gasteiger partial charge is 0.177 e. The molecule has 2 atom stereocenters. The minimum atomic E-state index is 0.0556. The molecule has 0 amide bonds. The summed E-state index contributed by atoms with van der Waals surface area (Å²) in [6.07, 6.45) is 4.72. The van der Waals surface area contributed by atoms with Gasteiger partial charge in [-0.25, -0.2) is 0 Å². The predicted molar refractivity (Wildman–Crippen MR) is 40.9 cm³/mol. The van der Waals surface area contributed by atoms with Crippen LogP contribution in [0.15, 0.2) is 0 Å². The highest BCUT2D eigenvalue weighted by Gasteiger charge is 2.21. The van der Waals surface area contributed by atoms with E-state index in [4.69, 9.17) is 9.57 Å². The summed E-state index contributed by atoms with van der Waals surface area (Å²) in [5.41, 5.74) is 0. The monoisotopic (exact) mass is 157 g/mol. The van der Waals surface area contributed by atoms with E-state index in [1.54, 1.807) is 0 Å². The fourth-order valence-corrected chi connectivity index (χ4v) is 1.60. The molecule has 2 heterocycles. The molecule has 0 N–H and O–H groups in total. The van der Waals surface area contributed by atoms with Gasteiger partial charge in [0.25, 0.3) is 0 Å². The van der Waals surface area contributed by atoms with Crippen molar-refractivity contribution in [3.8, 4) is 0 Å². The van der Waals surface area contributed by atoms with Crippen LogP contribution in [0.3, 0.4) is 0 Å². The minimum absolute atomic E-state index is 0.0556. The van der Waals surface area contributed by atoms with Crippen molar-refractivity contribution in [3.63, 3.8) is 0 Å². The molecule has 0 aliphatic carbocycles. The predicted octanol–water partition coefficient (Wildman–Crippen LogP) is 1.15. The molecule has 2 aliphatic heterocycles. The van der Waals surface area contributed by atoms with Crippen LogP contribution in [0.5, 0.6) is 0 Å². The lowest BCUT2D eigenvalue weighted by Gasteiger charge is -2.18. The molecule has 2 aliphatic rings. The summed E-state index contributed by atoms with van der Waals surface area (Å²) in [5.74, 6) is 0. The number of hydroxylamine groups is 2. The van der Waals surface area contributed by atoms with E-state index in [1.165, 1.54) is 12.8 Å². The summed E-state index contributed by atoms with van der Waals surface area (Å²) in [6, 6.07) is 0. The van der Waals surface area contributed by atoms with E-state index >= 15 is 0 Å². The van der Waals surface area contributed by atoms with Crippen molar-refractivity contribution in [1.82, 2.24) is 5.06 Å². The standard InChI is InChI=1S/C8H15NO2/c1-2-5-9-6-3-7-10-8(4-1)11-9/h8H,1-7H2. The zero-order valence-electron chi connectivity index (χ0n) is 6.79. The van der Waals surface area contributed by atoms with Crippen LogP contribution in [0.2, 0.25) is 0 Å². The highest BCUT2D eigenvalue weighted by molar-refractivity contribution is 4.59. The average molecular weight is 157 g/mol.